The summed E-state index contributed by atoms with van der Waals surface area (Å²) in [6.07, 6.45) is 0. The van der Waals surface area contributed by atoms with Gasteiger partial charge in [0.2, 0.25) is 0 Å². The van der Waals surface area contributed by atoms with Crippen LogP contribution in [0, 0.1) is 0 Å². The monoisotopic (exact) mass is 90.1 g/mol. The largest absolute Gasteiger partial charge is 0.387 e. The van der Waals surface area contributed by atoms with E-state index in [1.165, 1.54) is 0 Å². The Hall–Kier alpha value is -0.0451. The summed E-state index contributed by atoms with van der Waals surface area (Å²) >= 11 is 0. The van der Waals surface area contributed by atoms with Gasteiger partial charge in [-0.1, -0.05) is 0 Å². The van der Waals surface area contributed by atoms with Crippen LogP contribution in [-0.4, -0.2) is 20.7 Å². The maximum Gasteiger partial charge on any atom is 0.357 e. The fourth-order valence-corrected chi connectivity index (χ4v) is 0.199. The Labute approximate surface area is 37.8 Å². The van der Waals surface area contributed by atoms with E-state index in [9.17, 15) is 4.32 Å². The zero-order valence-electron chi connectivity index (χ0n) is 3.91. The molecule has 0 N–H and O–H groups in total. The van der Waals surface area contributed by atoms with Gasteiger partial charge in [-0.3, -0.25) is 0 Å². The summed E-state index contributed by atoms with van der Waals surface area (Å²) in [5.41, 5.74) is 0. The maximum absolute atomic E-state index is 11.1. The lowest BCUT2D eigenvalue weighted by molar-refractivity contribution is 0.189. The molecular formula is C3H8BFO. The van der Waals surface area contributed by atoms with E-state index in [0.29, 0.717) is 6.61 Å². The van der Waals surface area contributed by atoms with Crippen molar-refractivity contribution < 1.29 is 9.05 Å². The van der Waals surface area contributed by atoms with Gasteiger partial charge in [-0.15, -0.1) is 0 Å². The first-order valence-corrected chi connectivity index (χ1v) is 2.05. The topological polar surface area (TPSA) is 9.23 Å². The Kier molecular flexibility index (Phi) is 4.92. The van der Waals surface area contributed by atoms with Crippen molar-refractivity contribution in [2.45, 2.75) is 6.92 Å². The van der Waals surface area contributed by atoms with Crippen LogP contribution in [0.4, 0.5) is 4.32 Å². The summed E-state index contributed by atoms with van der Waals surface area (Å²) in [4.78, 5) is 0. The number of ether oxygens (including phenoxy) is 1. The number of halogens is 1. The van der Waals surface area contributed by atoms with Crippen molar-refractivity contribution in [2.24, 2.45) is 0 Å². The second kappa shape index (κ2) is 4.95. The van der Waals surface area contributed by atoms with Gasteiger partial charge in [0.1, 0.15) is 0 Å². The summed E-state index contributed by atoms with van der Waals surface area (Å²) in [6.45, 7) is 2.70. The first-order valence-electron chi connectivity index (χ1n) is 2.05. The quantitative estimate of drug-likeness (QED) is 0.357. The summed E-state index contributed by atoms with van der Waals surface area (Å²) in [5, 5.41) is 0. The molecule has 0 aliphatic rings. The Morgan fingerprint density at radius 1 is 1.83 bits per heavy atom. The van der Waals surface area contributed by atoms with Crippen LogP contribution >= 0.6 is 0 Å². The van der Waals surface area contributed by atoms with Crippen molar-refractivity contribution >= 4 is 7.56 Å². The highest BCUT2D eigenvalue weighted by molar-refractivity contribution is 6.25. The second-order valence-corrected chi connectivity index (χ2v) is 0.886. The Morgan fingerprint density at radius 2 is 2.50 bits per heavy atom. The van der Waals surface area contributed by atoms with Gasteiger partial charge < -0.3 is 9.05 Å². The van der Waals surface area contributed by atoms with E-state index >= 15 is 0 Å². The van der Waals surface area contributed by atoms with E-state index < -0.39 is 0 Å². The molecule has 0 spiro atoms. The molecule has 0 aromatic rings. The molecule has 0 aromatic heterocycles. The molecule has 0 bridgehead atoms. The molecule has 0 atom stereocenters. The lowest BCUT2D eigenvalue weighted by atomic mass is 10.1. The first kappa shape index (κ1) is 5.95. The molecule has 0 saturated heterocycles. The van der Waals surface area contributed by atoms with Crippen LogP contribution in [0.1, 0.15) is 6.92 Å². The number of rotatable bonds is 3. The second-order valence-electron chi connectivity index (χ2n) is 0.886. The number of hydrogen-bond acceptors (Lipinski definition) is 1. The third-order valence-corrected chi connectivity index (χ3v) is 0.426. The van der Waals surface area contributed by atoms with Gasteiger partial charge in [0.15, 0.2) is 0 Å². The van der Waals surface area contributed by atoms with Gasteiger partial charge in [0.25, 0.3) is 0 Å². The molecule has 3 heteroatoms. The Balaban J connectivity index is 2.34. The van der Waals surface area contributed by atoms with Crippen LogP contribution in [-0.2, 0) is 4.74 Å². The zero-order chi connectivity index (χ0) is 4.83. The van der Waals surface area contributed by atoms with Gasteiger partial charge in [-0.25, -0.2) is 0 Å². The lowest BCUT2D eigenvalue weighted by Gasteiger charge is -1.88. The van der Waals surface area contributed by atoms with Crippen LogP contribution < -0.4 is 0 Å². The maximum atomic E-state index is 11.1. The highest BCUT2D eigenvalue weighted by Gasteiger charge is 1.81. The summed E-state index contributed by atoms with van der Waals surface area (Å²) in [5.74, 6) is 0. The first-order chi connectivity index (χ1) is 2.91. The van der Waals surface area contributed by atoms with Crippen molar-refractivity contribution in [1.82, 2.24) is 0 Å². The Morgan fingerprint density at radius 3 is 2.67 bits per heavy atom. The SMILES string of the molecule is CCOCBF. The standard InChI is InChI=1S/C3H8BFO/c1-2-6-3-4-5/h4H,2-3H2,1H3. The van der Waals surface area contributed by atoms with E-state index in [4.69, 9.17) is 0 Å². The van der Waals surface area contributed by atoms with Gasteiger partial charge in [-0.05, 0) is 6.92 Å². The molecule has 0 rings (SSSR count). The minimum Gasteiger partial charge on any atom is -0.387 e. The third kappa shape index (κ3) is 3.95. The van der Waals surface area contributed by atoms with Gasteiger partial charge >= 0.3 is 7.56 Å². The molecule has 0 unspecified atom stereocenters. The molecular weight excluding hydrogens is 81.8 g/mol. The molecule has 0 aliphatic heterocycles. The van der Waals surface area contributed by atoms with E-state index in [-0.39, 0.29) is 14.1 Å². The fourth-order valence-electron chi connectivity index (χ4n) is 0.199. The highest BCUT2D eigenvalue weighted by atomic mass is 19.1. The van der Waals surface area contributed by atoms with Crippen LogP contribution in [0.15, 0.2) is 0 Å². The predicted molar refractivity (Wildman–Crippen MR) is 24.7 cm³/mol. The molecule has 0 heterocycles. The molecule has 0 amide bonds. The van der Waals surface area contributed by atoms with Crippen molar-refractivity contribution in [3.8, 4) is 0 Å². The zero-order valence-corrected chi connectivity index (χ0v) is 3.91. The minimum absolute atomic E-state index is 0.247. The van der Waals surface area contributed by atoms with E-state index in [1.807, 2.05) is 6.92 Å². The third-order valence-electron chi connectivity index (χ3n) is 0.426. The van der Waals surface area contributed by atoms with E-state index in [1.54, 1.807) is 0 Å². The average molecular weight is 89.9 g/mol. The summed E-state index contributed by atoms with van der Waals surface area (Å²) in [6, 6.07) is 0. The molecule has 0 aliphatic carbocycles. The number of hydrogen-bond donors (Lipinski definition) is 0. The van der Waals surface area contributed by atoms with Crippen LogP contribution in [0.2, 0.25) is 0 Å². The average Bonchev–Trinajstić information content (AvgIpc) is 1.61. The lowest BCUT2D eigenvalue weighted by Crippen LogP contribution is -1.96. The minimum atomic E-state index is -0.367. The van der Waals surface area contributed by atoms with E-state index in [2.05, 4.69) is 4.74 Å². The molecule has 6 heavy (non-hydrogen) atoms. The summed E-state index contributed by atoms with van der Waals surface area (Å²) in [7, 11) is -0.367. The van der Waals surface area contributed by atoms with Crippen molar-refractivity contribution in [1.29, 1.82) is 0 Å². The van der Waals surface area contributed by atoms with Gasteiger partial charge in [0, 0.05) is 6.61 Å². The molecule has 36 valence electrons. The van der Waals surface area contributed by atoms with Crippen molar-refractivity contribution in [3.05, 3.63) is 0 Å². The highest BCUT2D eigenvalue weighted by Crippen LogP contribution is 1.68. The van der Waals surface area contributed by atoms with Crippen LogP contribution in [0.25, 0.3) is 0 Å². The molecule has 1 nitrogen and oxygen atoms in total. The Bertz CT molecular complexity index is 22.8. The molecule has 0 radical (unpaired) electrons. The fraction of sp³-hybridized carbons (Fsp3) is 1.00. The molecule has 0 saturated carbocycles. The van der Waals surface area contributed by atoms with Crippen LogP contribution in [0.3, 0.4) is 0 Å². The smallest absolute Gasteiger partial charge is 0.357 e. The molecule has 0 aromatic carbocycles. The van der Waals surface area contributed by atoms with Crippen LogP contribution in [0.5, 0.6) is 0 Å². The van der Waals surface area contributed by atoms with Gasteiger partial charge in [0.05, 0.1) is 6.51 Å². The van der Waals surface area contributed by atoms with Crippen molar-refractivity contribution in [3.63, 3.8) is 0 Å². The normalized spacial score (nSPS) is 8.33. The van der Waals surface area contributed by atoms with E-state index in [0.717, 1.165) is 0 Å². The molecule has 0 fully saturated rings. The van der Waals surface area contributed by atoms with Crippen molar-refractivity contribution in [2.75, 3.05) is 13.1 Å². The summed E-state index contributed by atoms with van der Waals surface area (Å²) < 4.78 is 15.7. The van der Waals surface area contributed by atoms with Gasteiger partial charge in [-0.2, -0.15) is 0 Å². The predicted octanol–water partition coefficient (Wildman–Crippen LogP) is 0.301.